The normalized spacial score (nSPS) is 15.9. The highest BCUT2D eigenvalue weighted by atomic mass is 19.4. The average molecular weight is 325 g/mol. The first-order chi connectivity index (χ1) is 9.34. The summed E-state index contributed by atoms with van der Waals surface area (Å²) < 4.78 is 78.1. The van der Waals surface area contributed by atoms with Crippen LogP contribution in [0, 0.1) is 0 Å². The van der Waals surface area contributed by atoms with E-state index in [1.54, 1.807) is 0 Å². The summed E-state index contributed by atoms with van der Waals surface area (Å²) in [7, 11) is 0. The van der Waals surface area contributed by atoms with Gasteiger partial charge in [0.2, 0.25) is 0 Å². The third-order valence-corrected chi connectivity index (χ3v) is 1.57. The Bertz CT molecular complexity index is 425. The van der Waals surface area contributed by atoms with Gasteiger partial charge in [-0.25, -0.2) is 35.9 Å². The van der Waals surface area contributed by atoms with Crippen LogP contribution in [0.5, 0.6) is 0 Å². The Balaban J connectivity index is 0. The van der Waals surface area contributed by atoms with E-state index in [1.165, 1.54) is 0 Å². The van der Waals surface area contributed by atoms with Crippen LogP contribution in [0.15, 0.2) is 0 Å². The quantitative estimate of drug-likeness (QED) is 0.334. The van der Waals surface area contributed by atoms with E-state index in [4.69, 9.17) is 19.2 Å². The SMILES string of the molecule is O=C1O[B-](C(F)(F)F)(C(F)(F)F)OC1=O.O=C=O.O=C=O. The van der Waals surface area contributed by atoms with Crippen LogP contribution in [0.2, 0.25) is 0 Å². The first kappa shape index (κ1) is 20.7. The first-order valence-corrected chi connectivity index (χ1v) is 4.07. The Morgan fingerprint density at radius 2 is 0.905 bits per heavy atom. The van der Waals surface area contributed by atoms with Gasteiger partial charge in [0.05, 0.1) is 0 Å². The Labute approximate surface area is 108 Å². The van der Waals surface area contributed by atoms with Crippen LogP contribution in [-0.2, 0) is 38.1 Å². The second-order valence-electron chi connectivity index (χ2n) is 2.77. The Kier molecular flexibility index (Phi) is 7.10. The molecule has 1 aliphatic heterocycles. The van der Waals surface area contributed by atoms with E-state index in [1.807, 2.05) is 0 Å². The number of carbonyl (C=O) groups excluding carboxylic acids is 6. The third kappa shape index (κ3) is 4.74. The maximum atomic E-state index is 12.0. The van der Waals surface area contributed by atoms with Gasteiger partial charge in [-0.1, -0.05) is 0 Å². The molecule has 0 aromatic rings. The van der Waals surface area contributed by atoms with Gasteiger partial charge in [-0.15, -0.1) is 0 Å². The van der Waals surface area contributed by atoms with E-state index < -0.39 is 30.6 Å². The molecular formula is C6BF6O8-. The lowest BCUT2D eigenvalue weighted by Crippen LogP contribution is -2.64. The largest absolute Gasteiger partial charge is 0.638 e. The molecule has 1 heterocycles. The molecule has 0 bridgehead atoms. The molecule has 0 aliphatic carbocycles. The lowest BCUT2D eigenvalue weighted by atomic mass is 9.55. The number of alkyl halides is 6. The fourth-order valence-electron chi connectivity index (χ4n) is 0.875. The minimum atomic E-state index is -6.03. The standard InChI is InChI=1S/C4BF6O4.2CO2/c6-3(7,8)5(4(9,10)11)14-1(12)2(13)15-5;2*2-1-3/q-1;;. The van der Waals surface area contributed by atoms with Crippen LogP contribution in [0.25, 0.3) is 0 Å². The molecule has 0 spiro atoms. The summed E-state index contributed by atoms with van der Waals surface area (Å²) in [5, 5.41) is 0. The van der Waals surface area contributed by atoms with E-state index in [-0.39, 0.29) is 12.3 Å². The predicted octanol–water partition coefficient (Wildman–Crippen LogP) is -0.435. The van der Waals surface area contributed by atoms with E-state index >= 15 is 0 Å². The van der Waals surface area contributed by atoms with Gasteiger partial charge >= 0.3 is 42.9 Å². The highest BCUT2D eigenvalue weighted by Crippen LogP contribution is 2.44. The molecule has 0 aromatic heterocycles. The van der Waals surface area contributed by atoms with Crippen molar-refractivity contribution in [3.8, 4) is 0 Å². The molecular weight excluding hydrogens is 325 g/mol. The number of carbonyl (C=O) groups is 2. The van der Waals surface area contributed by atoms with Gasteiger partial charge in [0.1, 0.15) is 0 Å². The number of halogens is 6. The number of hydrogen-bond acceptors (Lipinski definition) is 8. The van der Waals surface area contributed by atoms with Gasteiger partial charge in [0.25, 0.3) is 0 Å². The zero-order chi connectivity index (χ0) is 17.5. The van der Waals surface area contributed by atoms with Crippen molar-refractivity contribution in [3.05, 3.63) is 0 Å². The topological polar surface area (TPSA) is 121 Å². The molecule has 0 radical (unpaired) electrons. The molecule has 0 saturated carbocycles. The summed E-state index contributed by atoms with van der Waals surface area (Å²) in [4.78, 5) is 52.9. The highest BCUT2D eigenvalue weighted by Gasteiger charge is 2.77. The maximum absolute atomic E-state index is 12.0. The van der Waals surface area contributed by atoms with Crippen molar-refractivity contribution in [1.29, 1.82) is 0 Å². The Hall–Kier alpha value is -2.66. The molecule has 8 nitrogen and oxygen atoms in total. The first-order valence-electron chi connectivity index (χ1n) is 4.07. The minimum Gasteiger partial charge on any atom is -0.638 e. The Morgan fingerprint density at radius 3 is 1.00 bits per heavy atom. The van der Waals surface area contributed by atoms with E-state index in [0.29, 0.717) is 0 Å². The molecule has 21 heavy (non-hydrogen) atoms. The summed E-state index contributed by atoms with van der Waals surface area (Å²) in [6, 6.07) is 0. The molecule has 0 N–H and O–H groups in total. The van der Waals surface area contributed by atoms with Crippen LogP contribution in [-0.4, -0.2) is 42.9 Å². The highest BCUT2D eigenvalue weighted by molar-refractivity contribution is 6.79. The van der Waals surface area contributed by atoms with Crippen LogP contribution < -0.4 is 0 Å². The van der Waals surface area contributed by atoms with Gasteiger partial charge < -0.3 is 9.31 Å². The van der Waals surface area contributed by atoms with Crippen molar-refractivity contribution in [2.75, 3.05) is 0 Å². The summed E-state index contributed by atoms with van der Waals surface area (Å²) in [5.41, 5.74) is 0. The van der Waals surface area contributed by atoms with Gasteiger partial charge in [-0.2, -0.15) is 19.2 Å². The third-order valence-electron chi connectivity index (χ3n) is 1.57. The summed E-state index contributed by atoms with van der Waals surface area (Å²) in [5.74, 6) is -4.63. The minimum absolute atomic E-state index is 0.250. The van der Waals surface area contributed by atoms with Crippen LogP contribution in [0.3, 0.4) is 0 Å². The lowest BCUT2D eigenvalue weighted by Gasteiger charge is -2.36. The van der Waals surface area contributed by atoms with Crippen molar-refractivity contribution >= 4 is 30.8 Å². The van der Waals surface area contributed by atoms with E-state index in [0.717, 1.165) is 0 Å². The Morgan fingerprint density at radius 1 is 0.714 bits per heavy atom. The van der Waals surface area contributed by atoms with E-state index in [9.17, 15) is 35.9 Å². The van der Waals surface area contributed by atoms with Gasteiger partial charge in [-0.3, -0.25) is 0 Å². The molecule has 1 aliphatic rings. The zero-order valence-corrected chi connectivity index (χ0v) is 9.11. The van der Waals surface area contributed by atoms with Crippen molar-refractivity contribution < 1.29 is 64.4 Å². The summed E-state index contributed by atoms with van der Waals surface area (Å²) in [6.07, 6.45) is -11.6. The fraction of sp³-hybridized carbons (Fsp3) is 0.333. The van der Waals surface area contributed by atoms with Crippen molar-refractivity contribution in [2.45, 2.75) is 12.2 Å². The number of hydrogen-bond donors (Lipinski definition) is 0. The molecule has 0 aromatic carbocycles. The summed E-state index contributed by atoms with van der Waals surface area (Å²) in [6.45, 7) is -5.94. The molecule has 0 amide bonds. The summed E-state index contributed by atoms with van der Waals surface area (Å²) >= 11 is 0. The fourth-order valence-corrected chi connectivity index (χ4v) is 0.875. The second kappa shape index (κ2) is 7.21. The van der Waals surface area contributed by atoms with E-state index in [2.05, 4.69) is 9.31 Å². The van der Waals surface area contributed by atoms with Crippen molar-refractivity contribution in [1.82, 2.24) is 0 Å². The number of rotatable bonds is 0. The molecule has 15 heteroatoms. The molecule has 1 saturated heterocycles. The lowest BCUT2D eigenvalue weighted by molar-refractivity contribution is -0.193. The molecule has 0 atom stereocenters. The van der Waals surface area contributed by atoms with Crippen molar-refractivity contribution in [3.63, 3.8) is 0 Å². The smallest absolute Gasteiger partial charge is 0.559 e. The van der Waals surface area contributed by atoms with Crippen LogP contribution in [0.4, 0.5) is 26.3 Å². The van der Waals surface area contributed by atoms with Gasteiger partial charge in [0, 0.05) is 0 Å². The molecule has 1 rings (SSSR count). The predicted molar refractivity (Wildman–Crippen MR) is 40.1 cm³/mol. The van der Waals surface area contributed by atoms with Crippen LogP contribution in [0.1, 0.15) is 0 Å². The van der Waals surface area contributed by atoms with Crippen LogP contribution >= 0.6 is 0 Å². The molecule has 1 fully saturated rings. The van der Waals surface area contributed by atoms with Gasteiger partial charge in [-0.05, 0) is 0 Å². The average Bonchev–Trinajstić information content (AvgIpc) is 2.57. The molecule has 0 unspecified atom stereocenters. The monoisotopic (exact) mass is 325 g/mol. The van der Waals surface area contributed by atoms with Gasteiger partial charge in [0.15, 0.2) is 0 Å². The van der Waals surface area contributed by atoms with Crippen molar-refractivity contribution in [2.24, 2.45) is 0 Å². The maximum Gasteiger partial charge on any atom is 0.559 e. The second-order valence-corrected chi connectivity index (χ2v) is 2.77. The zero-order valence-electron chi connectivity index (χ0n) is 9.11. The molecule has 118 valence electrons.